The summed E-state index contributed by atoms with van der Waals surface area (Å²) >= 11 is 0. The number of nitro groups is 1. The van der Waals surface area contributed by atoms with E-state index in [0.29, 0.717) is 18.2 Å². The molecule has 1 saturated carbocycles. The van der Waals surface area contributed by atoms with Gasteiger partial charge in [0.05, 0.1) is 9.82 Å². The molecule has 1 aromatic rings. The van der Waals surface area contributed by atoms with Crippen molar-refractivity contribution in [3.63, 3.8) is 0 Å². The highest BCUT2D eigenvalue weighted by molar-refractivity contribution is 7.89. The molecule has 0 atom stereocenters. The zero-order valence-corrected chi connectivity index (χ0v) is 12.0. The van der Waals surface area contributed by atoms with Gasteiger partial charge in [-0.15, -0.1) is 0 Å². The van der Waals surface area contributed by atoms with Crippen molar-refractivity contribution in [1.29, 1.82) is 0 Å². The van der Waals surface area contributed by atoms with E-state index in [1.165, 1.54) is 12.1 Å². The Hall–Kier alpha value is -1.71. The number of sulfonamides is 1. The molecule has 0 radical (unpaired) electrons. The minimum Gasteiger partial charge on any atom is -0.378 e. The average Bonchev–Trinajstić information content (AvgIpc) is 2.94. The molecule has 9 heteroatoms. The van der Waals surface area contributed by atoms with E-state index >= 15 is 0 Å². The Morgan fingerprint density at radius 1 is 1.48 bits per heavy atom. The summed E-state index contributed by atoms with van der Waals surface area (Å²) in [6.07, 6.45) is 2.14. The Kier molecular flexibility index (Phi) is 3.15. The van der Waals surface area contributed by atoms with Crippen LogP contribution in [-0.4, -0.2) is 32.0 Å². The van der Waals surface area contributed by atoms with Crippen LogP contribution in [0.5, 0.6) is 0 Å². The number of nitrogens with one attached hydrogen (secondary N) is 2. The summed E-state index contributed by atoms with van der Waals surface area (Å²) < 4.78 is 22.5. The lowest BCUT2D eigenvalue weighted by atomic mass is 9.73. The predicted octanol–water partition coefficient (Wildman–Crippen LogP) is 0.406. The monoisotopic (exact) mass is 312 g/mol. The number of nitro benzene ring substituents is 1. The molecule has 0 spiro atoms. The van der Waals surface area contributed by atoms with Crippen LogP contribution >= 0.6 is 0 Å². The topological polar surface area (TPSA) is 127 Å². The minimum atomic E-state index is -3.95. The van der Waals surface area contributed by atoms with Gasteiger partial charge >= 0.3 is 0 Å². The molecule has 0 aromatic heterocycles. The van der Waals surface area contributed by atoms with Crippen molar-refractivity contribution >= 4 is 21.4 Å². The second kappa shape index (κ2) is 4.65. The molecule has 2 bridgehead atoms. The fourth-order valence-electron chi connectivity index (χ4n) is 3.16. The zero-order valence-electron chi connectivity index (χ0n) is 11.2. The number of fused-ring (bicyclic) bond motifs is 1. The summed E-state index contributed by atoms with van der Waals surface area (Å²) in [7, 11) is -3.95. The van der Waals surface area contributed by atoms with E-state index in [1.54, 1.807) is 0 Å². The molecule has 4 rings (SSSR count). The molecule has 8 nitrogen and oxygen atoms in total. The van der Waals surface area contributed by atoms with E-state index in [9.17, 15) is 18.5 Å². The number of benzene rings is 1. The molecule has 1 aliphatic carbocycles. The number of anilines is 1. The fraction of sp³-hybridized carbons (Fsp3) is 0.500. The third kappa shape index (κ3) is 2.59. The van der Waals surface area contributed by atoms with E-state index < -0.39 is 14.9 Å². The molecule has 114 valence electrons. The van der Waals surface area contributed by atoms with Gasteiger partial charge in [0.1, 0.15) is 5.69 Å². The summed E-state index contributed by atoms with van der Waals surface area (Å²) in [6, 6.07) is 3.65. The molecule has 2 aliphatic heterocycles. The van der Waals surface area contributed by atoms with Crippen LogP contribution in [0.2, 0.25) is 0 Å². The molecule has 4 N–H and O–H groups in total. The van der Waals surface area contributed by atoms with E-state index in [4.69, 9.17) is 5.14 Å². The molecule has 3 fully saturated rings. The second-order valence-electron chi connectivity index (χ2n) is 5.77. The van der Waals surface area contributed by atoms with Gasteiger partial charge in [-0.3, -0.25) is 10.1 Å². The summed E-state index contributed by atoms with van der Waals surface area (Å²) in [4.78, 5) is 10.2. The standard InChI is InChI=1S/C12H16N4O4S/c13-21(19,20)9-1-2-10(11(3-9)16(17)18)14-7-12-4-8(5-12)6-15-12/h1-3,8,14-15H,4-7H2,(H2,13,19,20). The zero-order chi connectivity index (χ0) is 15.3. The number of primary sulfonamides is 1. The Morgan fingerprint density at radius 3 is 2.71 bits per heavy atom. The van der Waals surface area contributed by atoms with E-state index in [2.05, 4.69) is 10.6 Å². The smallest absolute Gasteiger partial charge is 0.293 e. The van der Waals surface area contributed by atoms with Crippen molar-refractivity contribution < 1.29 is 13.3 Å². The van der Waals surface area contributed by atoms with Crippen molar-refractivity contribution in [2.24, 2.45) is 11.1 Å². The number of nitrogens with two attached hydrogens (primary N) is 1. The van der Waals surface area contributed by atoms with Crippen molar-refractivity contribution in [1.82, 2.24) is 5.32 Å². The minimum absolute atomic E-state index is 0.0250. The molecule has 3 aliphatic rings. The Labute approximate surface area is 121 Å². The van der Waals surface area contributed by atoms with Crippen molar-refractivity contribution in [3.05, 3.63) is 28.3 Å². The third-order valence-electron chi connectivity index (χ3n) is 4.24. The first-order valence-corrected chi connectivity index (χ1v) is 8.14. The van der Waals surface area contributed by atoms with Crippen LogP contribution in [-0.2, 0) is 10.0 Å². The normalized spacial score (nSPS) is 27.2. The highest BCUT2D eigenvalue weighted by Crippen LogP contribution is 2.43. The molecule has 2 saturated heterocycles. The van der Waals surface area contributed by atoms with Gasteiger partial charge in [-0.25, -0.2) is 13.6 Å². The first-order valence-electron chi connectivity index (χ1n) is 6.59. The maximum atomic E-state index is 11.3. The predicted molar refractivity (Wildman–Crippen MR) is 76.4 cm³/mol. The molecule has 1 aromatic carbocycles. The maximum absolute atomic E-state index is 11.3. The summed E-state index contributed by atoms with van der Waals surface area (Å²) in [5.41, 5.74) is 0.0441. The fourth-order valence-corrected chi connectivity index (χ4v) is 3.69. The molecule has 2 heterocycles. The summed E-state index contributed by atoms with van der Waals surface area (Å²) in [5, 5.41) is 22.6. The SMILES string of the molecule is NS(=O)(=O)c1ccc(NCC23CC(CN2)C3)c([N+](=O)[O-])c1. The van der Waals surface area contributed by atoms with Crippen molar-refractivity contribution in [3.8, 4) is 0 Å². The lowest BCUT2D eigenvalue weighted by molar-refractivity contribution is -0.384. The molecule has 21 heavy (non-hydrogen) atoms. The first-order chi connectivity index (χ1) is 9.79. The number of hydrogen-bond donors (Lipinski definition) is 3. The first kappa shape index (κ1) is 14.2. The van der Waals surface area contributed by atoms with Crippen LogP contribution in [0.3, 0.4) is 0 Å². The highest BCUT2D eigenvalue weighted by Gasteiger charge is 2.49. The quantitative estimate of drug-likeness (QED) is 0.533. The Balaban J connectivity index is 1.82. The van der Waals surface area contributed by atoms with Crippen LogP contribution in [0.1, 0.15) is 12.8 Å². The Bertz CT molecular complexity index is 692. The van der Waals surface area contributed by atoms with Gasteiger partial charge in [-0.1, -0.05) is 0 Å². The second-order valence-corrected chi connectivity index (χ2v) is 7.33. The third-order valence-corrected chi connectivity index (χ3v) is 5.15. The summed E-state index contributed by atoms with van der Waals surface area (Å²) in [6.45, 7) is 1.58. The number of hydrogen-bond acceptors (Lipinski definition) is 6. The van der Waals surface area contributed by atoms with E-state index in [0.717, 1.165) is 25.5 Å². The van der Waals surface area contributed by atoms with Crippen molar-refractivity contribution in [2.45, 2.75) is 23.3 Å². The average molecular weight is 312 g/mol. The lowest BCUT2D eigenvalue weighted by Gasteiger charge is -2.37. The van der Waals surface area contributed by atoms with Gasteiger partial charge in [0, 0.05) is 18.2 Å². The van der Waals surface area contributed by atoms with Gasteiger partial charge in [0.2, 0.25) is 10.0 Å². The Morgan fingerprint density at radius 2 is 2.19 bits per heavy atom. The van der Waals surface area contributed by atoms with Gasteiger partial charge in [0.25, 0.3) is 5.69 Å². The molecular weight excluding hydrogens is 296 g/mol. The molecule has 0 amide bonds. The molecular formula is C12H16N4O4S. The maximum Gasteiger partial charge on any atom is 0.293 e. The van der Waals surface area contributed by atoms with Gasteiger partial charge in [-0.2, -0.15) is 0 Å². The van der Waals surface area contributed by atoms with Crippen LogP contribution in [0.4, 0.5) is 11.4 Å². The largest absolute Gasteiger partial charge is 0.378 e. The van der Waals surface area contributed by atoms with Crippen molar-refractivity contribution in [2.75, 3.05) is 18.4 Å². The number of rotatable bonds is 5. The van der Waals surface area contributed by atoms with Crippen LogP contribution in [0, 0.1) is 16.0 Å². The van der Waals surface area contributed by atoms with E-state index in [-0.39, 0.29) is 16.1 Å². The summed E-state index contributed by atoms with van der Waals surface area (Å²) in [5.74, 6) is 0.714. The number of nitrogens with zero attached hydrogens (tertiary/aromatic N) is 1. The van der Waals surface area contributed by atoms with Gasteiger partial charge in [-0.05, 0) is 37.4 Å². The van der Waals surface area contributed by atoms with E-state index in [1.807, 2.05) is 0 Å². The van der Waals surface area contributed by atoms with Gasteiger partial charge < -0.3 is 10.6 Å². The van der Waals surface area contributed by atoms with Gasteiger partial charge in [0.15, 0.2) is 0 Å². The van der Waals surface area contributed by atoms with Crippen LogP contribution < -0.4 is 15.8 Å². The van der Waals surface area contributed by atoms with Crippen LogP contribution in [0.25, 0.3) is 0 Å². The lowest BCUT2D eigenvalue weighted by Crippen LogP contribution is -2.49. The van der Waals surface area contributed by atoms with Crippen LogP contribution in [0.15, 0.2) is 23.1 Å². The molecule has 0 unspecified atom stereocenters. The highest BCUT2D eigenvalue weighted by atomic mass is 32.2.